The number of nitrogens with zero attached hydrogens (tertiary/aromatic N) is 2. The Hall–Kier alpha value is -3.08. The number of aryl methyl sites for hydroxylation is 2. The molecule has 138 valence electrons. The minimum absolute atomic E-state index is 0.209. The first-order valence-electron chi connectivity index (χ1n) is 9.05. The predicted octanol–water partition coefficient (Wildman–Crippen LogP) is 4.52. The summed E-state index contributed by atoms with van der Waals surface area (Å²) < 4.78 is 12.7. The lowest BCUT2D eigenvalue weighted by molar-refractivity contribution is -0.140. The number of fused-ring (bicyclic) bond motifs is 4. The third-order valence-corrected chi connectivity index (χ3v) is 5.14. The van der Waals surface area contributed by atoms with E-state index in [0.29, 0.717) is 19.4 Å². The second-order valence-electron chi connectivity index (χ2n) is 6.76. The number of ether oxygens (including phenoxy) is 2. The van der Waals surface area contributed by atoms with Crippen molar-refractivity contribution in [2.45, 2.75) is 19.8 Å². The van der Waals surface area contributed by atoms with Crippen molar-refractivity contribution in [2.75, 3.05) is 13.7 Å². The lowest BCUT2D eigenvalue weighted by Gasteiger charge is -2.06. The van der Waals surface area contributed by atoms with Gasteiger partial charge in [-0.05, 0) is 54.6 Å². The fraction of sp³-hybridized carbons (Fsp3) is 0.273. The summed E-state index contributed by atoms with van der Waals surface area (Å²) in [5, 5.41) is 4.72. The molecule has 2 heterocycles. The molecule has 27 heavy (non-hydrogen) atoms. The molecule has 4 rings (SSSR count). The summed E-state index contributed by atoms with van der Waals surface area (Å²) in [6, 6.07) is 10.4. The van der Waals surface area contributed by atoms with Crippen LogP contribution in [-0.2, 0) is 16.6 Å². The average Bonchev–Trinajstić information content (AvgIpc) is 2.97. The number of pyridine rings is 1. The lowest BCUT2D eigenvalue weighted by atomic mass is 10.0. The number of esters is 1. The summed E-state index contributed by atoms with van der Waals surface area (Å²) in [7, 11) is 3.50. The van der Waals surface area contributed by atoms with Gasteiger partial charge < -0.3 is 14.0 Å². The Morgan fingerprint density at radius 3 is 2.81 bits per heavy atom. The molecule has 0 aliphatic heterocycles. The molecule has 5 nitrogen and oxygen atoms in total. The van der Waals surface area contributed by atoms with Gasteiger partial charge in [-0.15, -0.1) is 0 Å². The summed E-state index contributed by atoms with van der Waals surface area (Å²) >= 11 is 0. The molecule has 0 aliphatic rings. The van der Waals surface area contributed by atoms with Crippen LogP contribution in [0.3, 0.4) is 0 Å². The number of hydrogen-bond acceptors (Lipinski definition) is 4. The predicted molar refractivity (Wildman–Crippen MR) is 107 cm³/mol. The number of benzene rings is 2. The van der Waals surface area contributed by atoms with Gasteiger partial charge in [-0.25, -0.2) is 0 Å². The molecule has 0 aliphatic carbocycles. The van der Waals surface area contributed by atoms with Crippen LogP contribution in [-0.4, -0.2) is 29.2 Å². The summed E-state index contributed by atoms with van der Waals surface area (Å²) in [6.07, 6.45) is 4.75. The quantitative estimate of drug-likeness (QED) is 0.387. The summed E-state index contributed by atoms with van der Waals surface area (Å²) in [5.74, 6) is 0.600. The number of carbonyl (C=O) groups excluding carboxylic acids is 1. The maximum Gasteiger partial charge on any atom is 0.305 e. The van der Waals surface area contributed by atoms with Crippen molar-refractivity contribution >= 4 is 38.5 Å². The second-order valence-corrected chi connectivity index (χ2v) is 6.76. The first-order chi connectivity index (χ1) is 13.1. The van der Waals surface area contributed by atoms with E-state index in [1.807, 2.05) is 18.5 Å². The fourth-order valence-corrected chi connectivity index (χ4v) is 3.80. The molecule has 0 spiro atoms. The number of methoxy groups -OCH3 is 1. The van der Waals surface area contributed by atoms with E-state index in [2.05, 4.69) is 52.5 Å². The van der Waals surface area contributed by atoms with Crippen molar-refractivity contribution in [3.8, 4) is 5.75 Å². The van der Waals surface area contributed by atoms with Gasteiger partial charge >= 0.3 is 5.97 Å². The van der Waals surface area contributed by atoms with Crippen molar-refractivity contribution < 1.29 is 14.3 Å². The Morgan fingerprint density at radius 2 is 2.00 bits per heavy atom. The molecular formula is C22H22N2O3. The Balaban J connectivity index is 1.74. The van der Waals surface area contributed by atoms with E-state index in [9.17, 15) is 4.79 Å². The molecule has 0 bridgehead atoms. The molecule has 0 atom stereocenters. The first kappa shape index (κ1) is 17.3. The van der Waals surface area contributed by atoms with Gasteiger partial charge in [0, 0.05) is 47.5 Å². The number of hydrogen-bond donors (Lipinski definition) is 0. The first-order valence-corrected chi connectivity index (χ1v) is 9.05. The minimum atomic E-state index is -0.209. The summed E-state index contributed by atoms with van der Waals surface area (Å²) in [6.45, 7) is 2.64. The van der Waals surface area contributed by atoms with Crippen LogP contribution < -0.4 is 4.74 Å². The van der Waals surface area contributed by atoms with Crippen LogP contribution in [0.5, 0.6) is 5.75 Å². The van der Waals surface area contributed by atoms with Crippen LogP contribution >= 0.6 is 0 Å². The zero-order valence-corrected chi connectivity index (χ0v) is 15.8. The molecular weight excluding hydrogens is 340 g/mol. The zero-order valence-electron chi connectivity index (χ0n) is 15.8. The van der Waals surface area contributed by atoms with Crippen molar-refractivity contribution in [1.29, 1.82) is 0 Å². The molecule has 0 N–H and O–H groups in total. The van der Waals surface area contributed by atoms with Gasteiger partial charge in [-0.2, -0.15) is 0 Å². The molecule has 4 aromatic rings. The van der Waals surface area contributed by atoms with Gasteiger partial charge in [-0.1, -0.05) is 0 Å². The zero-order chi connectivity index (χ0) is 19.0. The topological polar surface area (TPSA) is 53.4 Å². The summed E-state index contributed by atoms with van der Waals surface area (Å²) in [5.41, 5.74) is 3.65. The molecule has 0 saturated heterocycles. The monoisotopic (exact) mass is 362 g/mol. The smallest absolute Gasteiger partial charge is 0.305 e. The maximum absolute atomic E-state index is 11.2. The highest BCUT2D eigenvalue weighted by atomic mass is 16.5. The van der Waals surface area contributed by atoms with E-state index < -0.39 is 0 Å². The fourth-order valence-electron chi connectivity index (χ4n) is 3.80. The van der Waals surface area contributed by atoms with E-state index in [1.54, 1.807) is 0 Å². The van der Waals surface area contributed by atoms with E-state index in [-0.39, 0.29) is 5.97 Å². The van der Waals surface area contributed by atoms with E-state index >= 15 is 0 Å². The Morgan fingerprint density at radius 1 is 1.15 bits per heavy atom. The van der Waals surface area contributed by atoms with Gasteiger partial charge in [0.1, 0.15) is 5.75 Å². The Bertz CT molecular complexity index is 1160. The molecule has 0 amide bonds. The molecule has 0 radical (unpaired) electrons. The third-order valence-electron chi connectivity index (χ3n) is 5.14. The van der Waals surface area contributed by atoms with Crippen molar-refractivity contribution in [1.82, 2.24) is 9.55 Å². The Kier molecular flexibility index (Phi) is 4.44. The van der Waals surface area contributed by atoms with Gasteiger partial charge in [0.2, 0.25) is 0 Å². The van der Waals surface area contributed by atoms with Gasteiger partial charge in [-0.3, -0.25) is 9.78 Å². The lowest BCUT2D eigenvalue weighted by Crippen LogP contribution is -2.04. The van der Waals surface area contributed by atoms with E-state index in [1.165, 1.54) is 34.5 Å². The molecule has 0 fully saturated rings. The van der Waals surface area contributed by atoms with Crippen LogP contribution in [0.2, 0.25) is 0 Å². The number of rotatable bonds is 5. The SMILES string of the molecule is COC(=O)CCCOc1ccc2c(c1)c1cc3cnccc3c(C)c1n2C. The highest BCUT2D eigenvalue weighted by Gasteiger charge is 2.14. The van der Waals surface area contributed by atoms with Crippen LogP contribution in [0.25, 0.3) is 32.6 Å². The number of aromatic nitrogens is 2. The van der Waals surface area contributed by atoms with E-state index in [4.69, 9.17) is 4.74 Å². The molecule has 2 aromatic heterocycles. The summed E-state index contributed by atoms with van der Waals surface area (Å²) in [4.78, 5) is 15.5. The van der Waals surface area contributed by atoms with Gasteiger partial charge in [0.15, 0.2) is 0 Å². The van der Waals surface area contributed by atoms with Gasteiger partial charge in [0.05, 0.1) is 19.2 Å². The van der Waals surface area contributed by atoms with Crippen molar-refractivity contribution in [2.24, 2.45) is 7.05 Å². The molecule has 0 saturated carbocycles. The van der Waals surface area contributed by atoms with Crippen LogP contribution in [0.15, 0.2) is 42.7 Å². The normalized spacial score (nSPS) is 11.4. The largest absolute Gasteiger partial charge is 0.494 e. The van der Waals surface area contributed by atoms with E-state index in [0.717, 1.165) is 16.5 Å². The van der Waals surface area contributed by atoms with Crippen LogP contribution in [0.1, 0.15) is 18.4 Å². The molecule has 0 unspecified atom stereocenters. The standard InChI is InChI=1S/C22H22N2O3/c1-14-17-8-9-23-13-15(17)11-19-18-12-16(27-10-4-5-21(25)26-3)6-7-20(18)24(2)22(14)19/h6-9,11-13H,4-5,10H2,1-3H3. The average molecular weight is 362 g/mol. The van der Waals surface area contributed by atoms with Crippen LogP contribution in [0.4, 0.5) is 0 Å². The minimum Gasteiger partial charge on any atom is -0.494 e. The van der Waals surface area contributed by atoms with Crippen molar-refractivity contribution in [3.05, 3.63) is 48.3 Å². The molecule has 2 aromatic carbocycles. The Labute approximate surface area is 157 Å². The third kappa shape index (κ3) is 2.99. The number of carbonyl (C=O) groups is 1. The maximum atomic E-state index is 11.2. The second kappa shape index (κ2) is 6.91. The van der Waals surface area contributed by atoms with Crippen molar-refractivity contribution in [3.63, 3.8) is 0 Å². The van der Waals surface area contributed by atoms with Crippen LogP contribution in [0, 0.1) is 6.92 Å². The van der Waals surface area contributed by atoms with Gasteiger partial charge in [0.25, 0.3) is 0 Å². The highest BCUT2D eigenvalue weighted by molar-refractivity contribution is 6.14. The highest BCUT2D eigenvalue weighted by Crippen LogP contribution is 2.36. The molecule has 5 heteroatoms.